The van der Waals surface area contributed by atoms with Gasteiger partial charge in [0.25, 0.3) is 5.91 Å². The van der Waals surface area contributed by atoms with Gasteiger partial charge in [-0.1, -0.05) is 33.6 Å². The molecule has 1 atom stereocenters. The topological polar surface area (TPSA) is 81.8 Å². The van der Waals surface area contributed by atoms with Crippen LogP contribution in [0.4, 0.5) is 11.4 Å². The molecule has 0 spiro atoms. The number of carbonyl (C=O) groups excluding carboxylic acids is 3. The molecule has 1 saturated heterocycles. The second kappa shape index (κ2) is 7.87. The number of carbonyl (C=O) groups is 3. The van der Waals surface area contributed by atoms with Gasteiger partial charge in [-0.05, 0) is 37.3 Å². The van der Waals surface area contributed by atoms with Crippen molar-refractivity contribution in [1.29, 1.82) is 0 Å². The lowest BCUT2D eigenvalue weighted by Crippen LogP contribution is -2.60. The van der Waals surface area contributed by atoms with E-state index in [1.54, 1.807) is 28.0 Å². The second-order valence-corrected chi connectivity index (χ2v) is 8.17. The predicted molar refractivity (Wildman–Crippen MR) is 114 cm³/mol. The monoisotopic (exact) mass is 456 g/mol. The van der Waals surface area contributed by atoms with Crippen LogP contribution in [0.25, 0.3) is 0 Å². The second-order valence-electron chi connectivity index (χ2n) is 7.25. The number of aryl methyl sites for hydroxylation is 1. The minimum Gasteiger partial charge on any atom is -0.376 e. The fourth-order valence-corrected chi connectivity index (χ4v) is 3.97. The van der Waals surface area contributed by atoms with Crippen molar-refractivity contribution in [2.75, 3.05) is 36.8 Å². The summed E-state index contributed by atoms with van der Waals surface area (Å²) in [6, 6.07) is 12.3. The predicted octanol–water partition coefficient (Wildman–Crippen LogP) is 2.47. The Morgan fingerprint density at radius 1 is 1.17 bits per heavy atom. The summed E-state index contributed by atoms with van der Waals surface area (Å²) in [4.78, 5) is 41.6. The largest absolute Gasteiger partial charge is 0.376 e. The first kappa shape index (κ1) is 19.4. The highest BCUT2D eigenvalue weighted by Gasteiger charge is 2.40. The number of rotatable bonds is 3. The number of benzene rings is 2. The van der Waals surface area contributed by atoms with Crippen LogP contribution in [0, 0.1) is 6.92 Å². The zero-order chi connectivity index (χ0) is 20.5. The number of amides is 3. The number of hydrogen-bond acceptors (Lipinski definition) is 4. The summed E-state index contributed by atoms with van der Waals surface area (Å²) in [5.41, 5.74) is 2.97. The van der Waals surface area contributed by atoms with Crippen molar-refractivity contribution < 1.29 is 14.4 Å². The minimum atomic E-state index is -0.703. The van der Waals surface area contributed by atoms with Crippen LogP contribution in [-0.2, 0) is 9.59 Å². The third kappa shape index (κ3) is 3.98. The van der Waals surface area contributed by atoms with Crippen LogP contribution in [0.3, 0.4) is 0 Å². The molecule has 29 heavy (non-hydrogen) atoms. The van der Waals surface area contributed by atoms with Crippen molar-refractivity contribution in [2.45, 2.75) is 13.0 Å². The van der Waals surface area contributed by atoms with E-state index in [9.17, 15) is 14.4 Å². The first-order valence-corrected chi connectivity index (χ1v) is 10.2. The quantitative estimate of drug-likeness (QED) is 0.742. The summed E-state index contributed by atoms with van der Waals surface area (Å²) in [5, 5.41) is 5.94. The molecule has 2 N–H and O–H groups in total. The summed E-state index contributed by atoms with van der Waals surface area (Å²) in [5.74, 6) is -0.576. The van der Waals surface area contributed by atoms with Crippen LogP contribution < -0.4 is 10.6 Å². The first-order chi connectivity index (χ1) is 13.9. The lowest BCUT2D eigenvalue weighted by atomic mass is 10.1. The average molecular weight is 457 g/mol. The first-order valence-electron chi connectivity index (χ1n) is 9.42. The van der Waals surface area contributed by atoms with E-state index in [4.69, 9.17) is 0 Å². The summed E-state index contributed by atoms with van der Waals surface area (Å²) in [6.07, 6.45) is 0. The Labute approximate surface area is 177 Å². The van der Waals surface area contributed by atoms with E-state index in [1.807, 2.05) is 31.2 Å². The molecule has 2 aliphatic rings. The van der Waals surface area contributed by atoms with E-state index in [0.717, 1.165) is 15.7 Å². The average Bonchev–Trinajstić information content (AvgIpc) is 2.82. The van der Waals surface area contributed by atoms with Gasteiger partial charge in [0.2, 0.25) is 11.8 Å². The molecule has 150 valence electrons. The van der Waals surface area contributed by atoms with Crippen LogP contribution >= 0.6 is 15.9 Å². The lowest BCUT2D eigenvalue weighted by Gasteiger charge is -2.39. The third-order valence-corrected chi connectivity index (χ3v) is 5.76. The van der Waals surface area contributed by atoms with Crippen LogP contribution in [0.15, 0.2) is 46.9 Å². The van der Waals surface area contributed by atoms with E-state index in [-0.39, 0.29) is 30.8 Å². The molecule has 2 heterocycles. The molecule has 7 nitrogen and oxygen atoms in total. The molecule has 2 aliphatic heterocycles. The smallest absolute Gasteiger partial charge is 0.256 e. The lowest BCUT2D eigenvalue weighted by molar-refractivity contribution is -0.134. The van der Waals surface area contributed by atoms with Gasteiger partial charge in [-0.2, -0.15) is 0 Å². The summed E-state index contributed by atoms with van der Waals surface area (Å²) < 4.78 is 0.772. The maximum atomic E-state index is 13.0. The Bertz CT molecular complexity index is 976. The van der Waals surface area contributed by atoms with E-state index in [0.29, 0.717) is 24.3 Å². The van der Waals surface area contributed by atoms with Gasteiger partial charge < -0.3 is 20.4 Å². The number of nitrogens with one attached hydrogen (secondary N) is 2. The number of hydrogen-bond donors (Lipinski definition) is 2. The Balaban J connectivity index is 1.45. The van der Waals surface area contributed by atoms with Crippen molar-refractivity contribution in [1.82, 2.24) is 9.80 Å². The molecule has 8 heteroatoms. The zero-order valence-electron chi connectivity index (χ0n) is 15.9. The number of nitrogens with zero attached hydrogens (tertiary/aromatic N) is 2. The van der Waals surface area contributed by atoms with Gasteiger partial charge >= 0.3 is 0 Å². The van der Waals surface area contributed by atoms with Crippen LogP contribution in [0.5, 0.6) is 0 Å². The van der Waals surface area contributed by atoms with Crippen LogP contribution in [0.2, 0.25) is 0 Å². The molecule has 0 aliphatic carbocycles. The SMILES string of the molecule is Cc1ccc(NCC(=O)N2CCN3C(=O)c4cc(Br)ccc4NC(=O)C3C2)cc1. The number of halogens is 1. The summed E-state index contributed by atoms with van der Waals surface area (Å²) in [7, 11) is 0. The molecule has 1 fully saturated rings. The highest BCUT2D eigenvalue weighted by Crippen LogP contribution is 2.28. The molecule has 1 unspecified atom stereocenters. The molecule has 4 rings (SSSR count). The molecule has 2 aromatic rings. The normalized spacial score (nSPS) is 18.5. The van der Waals surface area contributed by atoms with Gasteiger partial charge in [0.05, 0.1) is 24.3 Å². The Hall–Kier alpha value is -2.87. The van der Waals surface area contributed by atoms with Crippen LogP contribution in [-0.4, -0.2) is 59.7 Å². The van der Waals surface area contributed by atoms with E-state index < -0.39 is 6.04 Å². The Kier molecular flexibility index (Phi) is 5.27. The molecule has 2 aromatic carbocycles. The molecular formula is C21H21BrN4O3. The van der Waals surface area contributed by atoms with Gasteiger partial charge in [-0.15, -0.1) is 0 Å². The highest BCUT2D eigenvalue weighted by molar-refractivity contribution is 9.10. The third-order valence-electron chi connectivity index (χ3n) is 5.26. The zero-order valence-corrected chi connectivity index (χ0v) is 17.5. The van der Waals surface area contributed by atoms with Crippen molar-refractivity contribution in [3.63, 3.8) is 0 Å². The maximum Gasteiger partial charge on any atom is 0.256 e. The molecule has 0 saturated carbocycles. The summed E-state index contributed by atoms with van der Waals surface area (Å²) >= 11 is 3.37. The van der Waals surface area contributed by atoms with Gasteiger partial charge in [0.1, 0.15) is 6.04 Å². The highest BCUT2D eigenvalue weighted by atomic mass is 79.9. The van der Waals surface area contributed by atoms with Gasteiger partial charge in [-0.3, -0.25) is 14.4 Å². The standard InChI is InChI=1S/C21H21BrN4O3/c1-13-2-5-15(6-3-13)23-11-19(27)25-8-9-26-18(12-25)20(28)24-17-7-4-14(22)10-16(17)21(26)29/h2-7,10,18,23H,8-9,11-12H2,1H3,(H,24,28). The van der Waals surface area contributed by atoms with Gasteiger partial charge in [0, 0.05) is 23.2 Å². The van der Waals surface area contributed by atoms with Crippen molar-refractivity contribution in [3.05, 3.63) is 58.1 Å². The maximum absolute atomic E-state index is 13.0. The molecule has 0 bridgehead atoms. The fourth-order valence-electron chi connectivity index (χ4n) is 3.61. The fraction of sp³-hybridized carbons (Fsp3) is 0.286. The molecular weight excluding hydrogens is 436 g/mol. The van der Waals surface area contributed by atoms with Gasteiger partial charge in [-0.25, -0.2) is 0 Å². The number of anilines is 2. The molecule has 0 radical (unpaired) electrons. The minimum absolute atomic E-state index is 0.102. The molecule has 3 amide bonds. The summed E-state index contributed by atoms with van der Waals surface area (Å²) in [6.45, 7) is 3.04. The van der Waals surface area contributed by atoms with Crippen molar-refractivity contribution >= 4 is 45.0 Å². The van der Waals surface area contributed by atoms with E-state index in [2.05, 4.69) is 26.6 Å². The van der Waals surface area contributed by atoms with E-state index >= 15 is 0 Å². The number of piperazine rings is 1. The van der Waals surface area contributed by atoms with E-state index in [1.165, 1.54) is 0 Å². The molecule has 0 aromatic heterocycles. The number of fused-ring (bicyclic) bond motifs is 2. The van der Waals surface area contributed by atoms with Gasteiger partial charge in [0.15, 0.2) is 0 Å². The Morgan fingerprint density at radius 2 is 1.93 bits per heavy atom. The van der Waals surface area contributed by atoms with Crippen molar-refractivity contribution in [3.8, 4) is 0 Å². The van der Waals surface area contributed by atoms with Crippen molar-refractivity contribution in [2.24, 2.45) is 0 Å². The van der Waals surface area contributed by atoms with Crippen LogP contribution in [0.1, 0.15) is 15.9 Å². The Morgan fingerprint density at radius 3 is 2.69 bits per heavy atom.